The van der Waals surface area contributed by atoms with Gasteiger partial charge in [-0.1, -0.05) is 12.1 Å². The number of benzene rings is 1. The van der Waals surface area contributed by atoms with E-state index in [9.17, 15) is 19.2 Å². The van der Waals surface area contributed by atoms with Crippen LogP contribution in [0.15, 0.2) is 36.4 Å². The van der Waals surface area contributed by atoms with Crippen LogP contribution in [-0.2, 0) is 28.5 Å². The van der Waals surface area contributed by atoms with Gasteiger partial charge in [0.25, 0.3) is 11.8 Å². The van der Waals surface area contributed by atoms with Gasteiger partial charge in [0.2, 0.25) is 0 Å². The zero-order chi connectivity index (χ0) is 20.3. The molecule has 0 radical (unpaired) electrons. The van der Waals surface area contributed by atoms with Crippen molar-refractivity contribution in [3.63, 3.8) is 0 Å². The summed E-state index contributed by atoms with van der Waals surface area (Å²) < 4.78 is 21.2. The molecule has 2 aliphatic rings. The minimum absolute atomic E-state index is 0.148. The van der Waals surface area contributed by atoms with E-state index in [-0.39, 0.29) is 13.3 Å². The Balaban J connectivity index is 1.63. The number of carbonyl (C=O) groups excluding carboxylic acids is 4. The summed E-state index contributed by atoms with van der Waals surface area (Å²) in [5, 5.41) is 0. The molecule has 28 heavy (non-hydrogen) atoms. The van der Waals surface area contributed by atoms with Crippen LogP contribution in [0.25, 0.3) is 0 Å². The van der Waals surface area contributed by atoms with Gasteiger partial charge in [0.15, 0.2) is 6.29 Å². The number of hydrogen-bond acceptors (Lipinski definition) is 8. The summed E-state index contributed by atoms with van der Waals surface area (Å²) in [7, 11) is 0. The number of amides is 2. The molecule has 1 aromatic rings. The van der Waals surface area contributed by atoms with Gasteiger partial charge < -0.3 is 18.9 Å². The number of esters is 2. The van der Waals surface area contributed by atoms with Crippen molar-refractivity contribution in [3.05, 3.63) is 47.5 Å². The zero-order valence-electron chi connectivity index (χ0n) is 15.3. The lowest BCUT2D eigenvalue weighted by atomic mass is 10.1. The van der Waals surface area contributed by atoms with E-state index in [0.29, 0.717) is 11.1 Å². The number of nitrogens with zero attached hydrogens (tertiary/aromatic N) is 1. The first kappa shape index (κ1) is 19.7. The molecule has 0 spiro atoms. The Morgan fingerprint density at radius 3 is 2.25 bits per heavy atom. The first-order valence-electron chi connectivity index (χ1n) is 8.58. The summed E-state index contributed by atoms with van der Waals surface area (Å²) >= 11 is 0. The average molecular weight is 389 g/mol. The Hall–Kier alpha value is -3.04. The van der Waals surface area contributed by atoms with E-state index in [2.05, 4.69) is 0 Å². The monoisotopic (exact) mass is 389 g/mol. The second-order valence-corrected chi connectivity index (χ2v) is 6.18. The van der Waals surface area contributed by atoms with Gasteiger partial charge in [0, 0.05) is 13.8 Å². The molecular formula is C19H19NO8. The van der Waals surface area contributed by atoms with Crippen LogP contribution in [0, 0.1) is 0 Å². The van der Waals surface area contributed by atoms with Crippen molar-refractivity contribution in [3.8, 4) is 0 Å². The lowest BCUT2D eigenvalue weighted by Gasteiger charge is -2.31. The van der Waals surface area contributed by atoms with Gasteiger partial charge in [-0.3, -0.25) is 19.2 Å². The first-order chi connectivity index (χ1) is 13.4. The van der Waals surface area contributed by atoms with Gasteiger partial charge >= 0.3 is 11.9 Å². The fraction of sp³-hybridized carbons (Fsp3) is 0.368. The number of ether oxygens (including phenoxy) is 4. The van der Waals surface area contributed by atoms with Crippen LogP contribution in [0.5, 0.6) is 0 Å². The van der Waals surface area contributed by atoms with Crippen molar-refractivity contribution in [1.82, 2.24) is 4.90 Å². The number of fused-ring (bicyclic) bond motifs is 1. The maximum absolute atomic E-state index is 12.3. The maximum Gasteiger partial charge on any atom is 0.303 e. The van der Waals surface area contributed by atoms with Gasteiger partial charge in [-0.2, -0.15) is 0 Å². The van der Waals surface area contributed by atoms with Crippen molar-refractivity contribution < 1.29 is 38.1 Å². The standard InChI is InChI=1S/C19H19NO8/c1-11(21)25-9-16-15(27-12(2)22)7-8-17(28-16)26-10-20-18(23)13-5-3-4-6-14(13)19(20)24/h3-8,15-17H,9-10H2,1-2H3/t15-,16-,17+/m1/s1. The number of hydrogen-bond donors (Lipinski definition) is 0. The molecule has 0 N–H and O–H groups in total. The lowest BCUT2D eigenvalue weighted by Crippen LogP contribution is -2.43. The highest BCUT2D eigenvalue weighted by atomic mass is 16.7. The third-order valence-corrected chi connectivity index (χ3v) is 4.13. The van der Waals surface area contributed by atoms with Crippen molar-refractivity contribution in [1.29, 1.82) is 0 Å². The third kappa shape index (κ3) is 4.26. The Morgan fingerprint density at radius 2 is 1.68 bits per heavy atom. The molecule has 0 saturated heterocycles. The van der Waals surface area contributed by atoms with Crippen LogP contribution in [0.1, 0.15) is 34.6 Å². The van der Waals surface area contributed by atoms with E-state index in [4.69, 9.17) is 18.9 Å². The van der Waals surface area contributed by atoms with Gasteiger partial charge in [-0.15, -0.1) is 0 Å². The Morgan fingerprint density at radius 1 is 1.04 bits per heavy atom. The summed E-state index contributed by atoms with van der Waals surface area (Å²) in [6.45, 7) is 2.03. The fourth-order valence-corrected chi connectivity index (χ4v) is 2.86. The van der Waals surface area contributed by atoms with E-state index in [1.165, 1.54) is 19.9 Å². The SMILES string of the molecule is CC(=O)OC[C@H]1O[C@H](OCN2C(=O)c3ccccc3C2=O)C=C[C@H]1OC(C)=O. The fourth-order valence-electron chi connectivity index (χ4n) is 2.86. The molecular weight excluding hydrogens is 370 g/mol. The van der Waals surface area contributed by atoms with Crippen LogP contribution >= 0.6 is 0 Å². The third-order valence-electron chi connectivity index (χ3n) is 4.13. The molecule has 2 aliphatic heterocycles. The summed E-state index contributed by atoms with van der Waals surface area (Å²) in [6.07, 6.45) is 0.583. The molecule has 3 rings (SSSR count). The zero-order valence-corrected chi connectivity index (χ0v) is 15.3. The molecule has 0 aliphatic carbocycles. The molecule has 2 amide bonds. The number of imide groups is 1. The second kappa shape index (κ2) is 8.32. The van der Waals surface area contributed by atoms with Crippen LogP contribution < -0.4 is 0 Å². The number of rotatable bonds is 6. The lowest BCUT2D eigenvalue weighted by molar-refractivity contribution is -0.202. The summed E-state index contributed by atoms with van der Waals surface area (Å²) in [5.41, 5.74) is 0.637. The minimum Gasteiger partial charge on any atom is -0.463 e. The van der Waals surface area contributed by atoms with Crippen molar-refractivity contribution in [2.45, 2.75) is 32.3 Å². The highest BCUT2D eigenvalue weighted by molar-refractivity contribution is 6.21. The normalized spacial score (nSPS) is 23.5. The quantitative estimate of drug-likeness (QED) is 0.403. The largest absolute Gasteiger partial charge is 0.463 e. The molecule has 148 valence electrons. The molecule has 9 heteroatoms. The molecule has 0 aromatic heterocycles. The summed E-state index contributed by atoms with van der Waals surface area (Å²) in [4.78, 5) is 48.0. The van der Waals surface area contributed by atoms with Crippen molar-refractivity contribution >= 4 is 23.8 Å². The molecule has 9 nitrogen and oxygen atoms in total. The van der Waals surface area contributed by atoms with E-state index >= 15 is 0 Å². The predicted molar refractivity (Wildman–Crippen MR) is 92.9 cm³/mol. The van der Waals surface area contributed by atoms with Crippen molar-refractivity contribution in [2.75, 3.05) is 13.3 Å². The highest BCUT2D eigenvalue weighted by Crippen LogP contribution is 2.23. The smallest absolute Gasteiger partial charge is 0.303 e. The Labute approximate surface area is 160 Å². The van der Waals surface area contributed by atoms with Crippen LogP contribution in [0.4, 0.5) is 0 Å². The van der Waals surface area contributed by atoms with Crippen LogP contribution in [0.2, 0.25) is 0 Å². The van der Waals surface area contributed by atoms with Gasteiger partial charge in [-0.25, -0.2) is 4.90 Å². The van der Waals surface area contributed by atoms with Crippen LogP contribution in [0.3, 0.4) is 0 Å². The molecule has 2 heterocycles. The second-order valence-electron chi connectivity index (χ2n) is 6.18. The molecule has 0 fully saturated rings. The first-order valence-corrected chi connectivity index (χ1v) is 8.58. The minimum atomic E-state index is -0.920. The predicted octanol–water partition coefficient (Wildman–Crippen LogP) is 1.03. The summed E-state index contributed by atoms with van der Waals surface area (Å²) in [6, 6.07) is 6.50. The van der Waals surface area contributed by atoms with Crippen LogP contribution in [-0.4, -0.2) is 60.5 Å². The van der Waals surface area contributed by atoms with E-state index < -0.39 is 42.3 Å². The Bertz CT molecular complexity index is 798. The highest BCUT2D eigenvalue weighted by Gasteiger charge is 2.37. The molecule has 0 unspecified atom stereocenters. The number of carbonyl (C=O) groups is 4. The molecule has 3 atom stereocenters. The maximum atomic E-state index is 12.3. The summed E-state index contributed by atoms with van der Waals surface area (Å²) in [5.74, 6) is -1.93. The van der Waals surface area contributed by atoms with Gasteiger partial charge in [0.1, 0.15) is 25.5 Å². The average Bonchev–Trinajstić information content (AvgIpc) is 2.90. The van der Waals surface area contributed by atoms with Crippen molar-refractivity contribution in [2.24, 2.45) is 0 Å². The van der Waals surface area contributed by atoms with Gasteiger partial charge in [-0.05, 0) is 24.3 Å². The van der Waals surface area contributed by atoms with Gasteiger partial charge in [0.05, 0.1) is 11.1 Å². The van der Waals surface area contributed by atoms with E-state index in [1.807, 2.05) is 0 Å². The molecule has 0 bridgehead atoms. The van der Waals surface area contributed by atoms with E-state index in [1.54, 1.807) is 30.3 Å². The Kier molecular flexibility index (Phi) is 5.86. The van der Waals surface area contributed by atoms with E-state index in [0.717, 1.165) is 4.90 Å². The molecule has 1 aromatic carbocycles. The topological polar surface area (TPSA) is 108 Å². The molecule has 0 saturated carbocycles.